The fourth-order valence-corrected chi connectivity index (χ4v) is 8.55. The molecule has 0 unspecified atom stereocenters. The number of nitrogens with zero attached hydrogens (tertiary/aromatic N) is 11. The summed E-state index contributed by atoms with van der Waals surface area (Å²) >= 11 is 0. The van der Waals surface area contributed by atoms with Gasteiger partial charge in [-0.1, -0.05) is 12.2 Å². The van der Waals surface area contributed by atoms with E-state index in [4.69, 9.17) is 45.4 Å². The van der Waals surface area contributed by atoms with E-state index in [1.54, 1.807) is 65.4 Å². The van der Waals surface area contributed by atoms with Gasteiger partial charge in [-0.3, -0.25) is 33.7 Å². The summed E-state index contributed by atoms with van der Waals surface area (Å²) in [6, 6.07) is 11.7. The number of aromatic nitrogens is 11. The van der Waals surface area contributed by atoms with Gasteiger partial charge < -0.3 is 39.5 Å². The molecule has 0 radical (unpaired) electrons. The summed E-state index contributed by atoms with van der Waals surface area (Å²) < 4.78 is 32.3. The lowest BCUT2D eigenvalue weighted by atomic mass is 10.1. The standard InChI is InChI=1S/C50H58N14O8/c1-8-62-37(21-29(4)57-62)46-53-28-35-34-24-32(44(51)65)26-40(70-18-13-17-69-7)42(34)60(47(35)55-46)15-11-12-16-61-43-36(54-50(61)56-48(67)38-22-30(5)58-63(38)9-2)25-33(45(52)66)27-41(43)71-19-14-20-72-49(68)39-23-31(6)59-64(39)10-3/h11-12,21-28H,8-10,13-20H2,1-7H3,(H2,51,65)(H2,52,66)(H,54,56,67). The number of carbonyl (C=O) groups excluding carboxylic acids is 4. The molecule has 0 bridgehead atoms. The number of aryl methyl sites for hydroxylation is 6. The molecular weight excluding hydrogens is 925 g/mol. The normalized spacial score (nSPS) is 11.7. The summed E-state index contributed by atoms with van der Waals surface area (Å²) in [7, 11) is 1.62. The highest BCUT2D eigenvalue weighted by molar-refractivity contribution is 6.12. The van der Waals surface area contributed by atoms with Crippen molar-refractivity contribution in [3.8, 4) is 23.0 Å². The van der Waals surface area contributed by atoms with Gasteiger partial charge in [0, 0.05) is 87.4 Å². The molecule has 8 rings (SSSR count). The molecule has 0 aliphatic carbocycles. The summed E-state index contributed by atoms with van der Waals surface area (Å²) in [6.07, 6.45) is 6.46. The number of imidazole rings is 1. The highest BCUT2D eigenvalue weighted by atomic mass is 16.5. The first-order valence-electron chi connectivity index (χ1n) is 23.7. The highest BCUT2D eigenvalue weighted by Crippen LogP contribution is 2.37. The van der Waals surface area contributed by atoms with Crippen LogP contribution in [0.5, 0.6) is 11.5 Å². The predicted molar refractivity (Wildman–Crippen MR) is 268 cm³/mol. The quantitative estimate of drug-likeness (QED) is 0.0381. The number of amides is 3. The lowest BCUT2D eigenvalue weighted by Crippen LogP contribution is -2.20. The number of nitrogens with one attached hydrogen (secondary N) is 1. The minimum absolute atomic E-state index is 0.0417. The van der Waals surface area contributed by atoms with Gasteiger partial charge >= 0.3 is 5.97 Å². The summed E-state index contributed by atoms with van der Waals surface area (Å²) in [6.45, 7) is 14.1. The first-order chi connectivity index (χ1) is 34.7. The molecule has 0 aliphatic heterocycles. The Kier molecular flexibility index (Phi) is 15.1. The van der Waals surface area contributed by atoms with Crippen molar-refractivity contribution in [3.05, 3.63) is 100 Å². The molecular formula is C50H58N14O8. The van der Waals surface area contributed by atoms with Gasteiger partial charge in [-0.25, -0.2) is 19.7 Å². The SMILES string of the molecule is CCn1nc(C)cc1C(=O)Nc1nc2cc(C(N)=O)cc(OCCCOC(=O)c3cc(C)nn3CC)c2n1CC=CCn1c2nc(-c3cc(C)nn3CC)ncc2c2cc(C(N)=O)cc(OCCCOC)c21. The molecule has 8 aromatic rings. The summed E-state index contributed by atoms with van der Waals surface area (Å²) in [5, 5.41) is 17.7. The van der Waals surface area contributed by atoms with Crippen LogP contribution in [0.15, 0.2) is 60.8 Å². The third-order valence-corrected chi connectivity index (χ3v) is 11.8. The van der Waals surface area contributed by atoms with Gasteiger partial charge in [-0.2, -0.15) is 15.3 Å². The van der Waals surface area contributed by atoms with E-state index in [-0.39, 0.29) is 49.1 Å². The van der Waals surface area contributed by atoms with Gasteiger partial charge in [-0.05, 0) is 84.0 Å². The third kappa shape index (κ3) is 10.4. The minimum Gasteiger partial charge on any atom is -0.491 e. The number of nitrogens with two attached hydrogens (primary N) is 2. The molecule has 376 valence electrons. The van der Waals surface area contributed by atoms with E-state index < -0.39 is 23.7 Å². The molecule has 6 aromatic heterocycles. The van der Waals surface area contributed by atoms with Crippen LogP contribution in [0.3, 0.4) is 0 Å². The molecule has 0 fully saturated rings. The average molecular weight is 983 g/mol. The number of carbonyl (C=O) groups is 4. The molecule has 0 saturated heterocycles. The topological polar surface area (TPSA) is 271 Å². The number of hydrogen-bond acceptors (Lipinski definition) is 14. The molecule has 3 amide bonds. The van der Waals surface area contributed by atoms with Gasteiger partial charge in [0.2, 0.25) is 17.8 Å². The Morgan fingerprint density at radius 2 is 1.24 bits per heavy atom. The number of benzene rings is 2. The van der Waals surface area contributed by atoms with Crippen LogP contribution in [0.25, 0.3) is 44.5 Å². The second-order valence-corrected chi connectivity index (χ2v) is 16.9. The summed E-state index contributed by atoms with van der Waals surface area (Å²) in [5.41, 5.74) is 17.7. The number of allylic oxidation sites excluding steroid dienone is 2. The van der Waals surface area contributed by atoms with Gasteiger partial charge in [0.05, 0.1) is 47.9 Å². The van der Waals surface area contributed by atoms with Crippen LogP contribution in [0.1, 0.15) is 92.4 Å². The van der Waals surface area contributed by atoms with Crippen LogP contribution >= 0.6 is 0 Å². The van der Waals surface area contributed by atoms with Crippen LogP contribution in [0.4, 0.5) is 5.95 Å². The van der Waals surface area contributed by atoms with E-state index >= 15 is 0 Å². The van der Waals surface area contributed by atoms with Gasteiger partial charge in [0.15, 0.2) is 5.82 Å². The van der Waals surface area contributed by atoms with Crippen molar-refractivity contribution in [3.63, 3.8) is 0 Å². The van der Waals surface area contributed by atoms with Gasteiger partial charge in [0.25, 0.3) is 5.91 Å². The second-order valence-electron chi connectivity index (χ2n) is 16.9. The maximum absolute atomic E-state index is 14.0. The number of primary amides is 2. The van der Waals surface area contributed by atoms with E-state index in [0.29, 0.717) is 113 Å². The third-order valence-electron chi connectivity index (χ3n) is 11.8. The van der Waals surface area contributed by atoms with Crippen molar-refractivity contribution >= 4 is 62.6 Å². The number of rotatable bonds is 23. The zero-order chi connectivity index (χ0) is 51.2. The maximum Gasteiger partial charge on any atom is 0.356 e. The van der Waals surface area contributed by atoms with Crippen LogP contribution < -0.4 is 26.3 Å². The first-order valence-corrected chi connectivity index (χ1v) is 23.7. The Morgan fingerprint density at radius 1 is 0.653 bits per heavy atom. The van der Waals surface area contributed by atoms with Gasteiger partial charge in [-0.15, -0.1) is 0 Å². The average Bonchev–Trinajstić information content (AvgIpc) is 4.19. The second kappa shape index (κ2) is 21.7. The smallest absolute Gasteiger partial charge is 0.356 e. The Balaban J connectivity index is 1.18. The van der Waals surface area contributed by atoms with E-state index in [9.17, 15) is 19.2 Å². The summed E-state index contributed by atoms with van der Waals surface area (Å²) in [4.78, 5) is 67.0. The molecule has 22 heteroatoms. The van der Waals surface area contributed by atoms with Crippen molar-refractivity contribution in [2.24, 2.45) is 11.5 Å². The number of esters is 1. The number of fused-ring (bicyclic) bond motifs is 4. The Morgan fingerprint density at radius 3 is 1.89 bits per heavy atom. The van der Waals surface area contributed by atoms with Crippen molar-refractivity contribution in [2.45, 2.75) is 87.1 Å². The van der Waals surface area contributed by atoms with Crippen molar-refractivity contribution in [2.75, 3.05) is 38.9 Å². The molecule has 0 aliphatic rings. The molecule has 0 atom stereocenters. The van der Waals surface area contributed by atoms with E-state index in [2.05, 4.69) is 20.6 Å². The number of hydrogen-bond donors (Lipinski definition) is 3. The number of methoxy groups -OCH3 is 1. The molecule has 5 N–H and O–H groups in total. The van der Waals surface area contributed by atoms with Crippen molar-refractivity contribution in [1.29, 1.82) is 0 Å². The zero-order valence-electron chi connectivity index (χ0n) is 41.4. The lowest BCUT2D eigenvalue weighted by Gasteiger charge is -2.13. The molecule has 72 heavy (non-hydrogen) atoms. The lowest BCUT2D eigenvalue weighted by molar-refractivity contribution is 0.0471. The Hall–Kier alpha value is -8.40. The maximum atomic E-state index is 14.0. The summed E-state index contributed by atoms with van der Waals surface area (Å²) in [5.74, 6) is -0.982. The highest BCUT2D eigenvalue weighted by Gasteiger charge is 2.24. The molecule has 2 aromatic carbocycles. The van der Waals surface area contributed by atoms with E-state index in [1.807, 2.05) is 55.2 Å². The van der Waals surface area contributed by atoms with Crippen LogP contribution in [0.2, 0.25) is 0 Å². The fourth-order valence-electron chi connectivity index (χ4n) is 8.55. The van der Waals surface area contributed by atoms with Crippen LogP contribution in [0, 0.1) is 20.8 Å². The minimum atomic E-state index is -0.710. The van der Waals surface area contributed by atoms with Crippen molar-refractivity contribution in [1.82, 2.24) is 53.4 Å². The van der Waals surface area contributed by atoms with E-state index in [0.717, 1.165) is 11.4 Å². The Bertz CT molecular complexity index is 3370. The molecule has 0 spiro atoms. The molecule has 0 saturated carbocycles. The zero-order valence-corrected chi connectivity index (χ0v) is 41.4. The molecule has 22 nitrogen and oxygen atoms in total. The van der Waals surface area contributed by atoms with Crippen molar-refractivity contribution < 1.29 is 38.1 Å². The monoisotopic (exact) mass is 982 g/mol. The Labute approximate surface area is 413 Å². The van der Waals surface area contributed by atoms with E-state index in [1.165, 1.54) is 12.1 Å². The van der Waals surface area contributed by atoms with Gasteiger partial charge in [0.1, 0.15) is 39.7 Å². The first kappa shape index (κ1) is 50.0. The largest absolute Gasteiger partial charge is 0.491 e. The van der Waals surface area contributed by atoms with Crippen LogP contribution in [-0.4, -0.2) is 111 Å². The number of ether oxygens (including phenoxy) is 4. The fraction of sp³-hybridized carbons (Fsp3) is 0.360. The number of anilines is 1. The predicted octanol–water partition coefficient (Wildman–Crippen LogP) is 5.92. The molecule has 6 heterocycles. The van der Waals surface area contributed by atoms with Crippen LogP contribution in [-0.2, 0) is 42.2 Å².